The molecule has 0 heterocycles. The maximum Gasteiger partial charge on any atom is 0.320 e. The first-order valence-corrected chi connectivity index (χ1v) is 4.73. The van der Waals surface area contributed by atoms with Crippen LogP contribution in [0.15, 0.2) is 0 Å². The van der Waals surface area contributed by atoms with Crippen LogP contribution < -0.4 is 5.73 Å². The lowest BCUT2D eigenvalue weighted by molar-refractivity contribution is -0.140. The molecule has 16 heavy (non-hydrogen) atoms. The van der Waals surface area contributed by atoms with Crippen molar-refractivity contribution in [2.24, 2.45) is 5.73 Å². The maximum atomic E-state index is 9.99. The predicted octanol–water partition coefficient (Wildman–Crippen LogP) is 0.134. The summed E-state index contributed by atoms with van der Waals surface area (Å²) in [7, 11) is 0. The minimum Gasteiger partial charge on any atom is -0.481 e. The standard InChI is InChI=1S/C5H9NO4.C4H8O2/c6-3(5(9)10)1-2-4(7)8;1-2-3-4(5)6/h3H,1-2,6H2,(H,7,8)(H,9,10);2-3H2,1H3,(H,5,6). The zero-order valence-corrected chi connectivity index (χ0v) is 9.05. The highest BCUT2D eigenvalue weighted by atomic mass is 16.4. The molecule has 7 heteroatoms. The van der Waals surface area contributed by atoms with Crippen LogP contribution in [0, 0.1) is 0 Å². The Bertz CT molecular complexity index is 240. The van der Waals surface area contributed by atoms with Crippen molar-refractivity contribution in [2.45, 2.75) is 38.6 Å². The molecule has 94 valence electrons. The van der Waals surface area contributed by atoms with E-state index >= 15 is 0 Å². The zero-order valence-electron chi connectivity index (χ0n) is 9.05. The van der Waals surface area contributed by atoms with E-state index in [0.717, 1.165) is 6.42 Å². The van der Waals surface area contributed by atoms with Gasteiger partial charge in [-0.3, -0.25) is 14.4 Å². The predicted molar refractivity (Wildman–Crippen MR) is 55.0 cm³/mol. The summed E-state index contributed by atoms with van der Waals surface area (Å²) in [4.78, 5) is 29.5. The van der Waals surface area contributed by atoms with Gasteiger partial charge < -0.3 is 21.1 Å². The Hall–Kier alpha value is -1.63. The van der Waals surface area contributed by atoms with Crippen LogP contribution in [0.5, 0.6) is 0 Å². The van der Waals surface area contributed by atoms with Crippen LogP contribution >= 0.6 is 0 Å². The van der Waals surface area contributed by atoms with Gasteiger partial charge in [-0.2, -0.15) is 0 Å². The highest BCUT2D eigenvalue weighted by Gasteiger charge is 2.12. The summed E-state index contributed by atoms with van der Waals surface area (Å²) >= 11 is 0. The quantitative estimate of drug-likeness (QED) is 0.513. The molecule has 0 saturated carbocycles. The summed E-state index contributed by atoms with van der Waals surface area (Å²) in [6.07, 6.45) is 0.799. The average Bonchev–Trinajstić information content (AvgIpc) is 2.14. The molecule has 0 aromatic heterocycles. The second-order valence-corrected chi connectivity index (χ2v) is 3.02. The third kappa shape index (κ3) is 14.9. The van der Waals surface area contributed by atoms with E-state index < -0.39 is 23.9 Å². The van der Waals surface area contributed by atoms with Crippen LogP contribution in [0.25, 0.3) is 0 Å². The Kier molecular flexibility index (Phi) is 10.4. The topological polar surface area (TPSA) is 138 Å². The minimum atomic E-state index is -1.17. The number of aliphatic carboxylic acids is 3. The molecular formula is C9H17NO6. The summed E-state index contributed by atoms with van der Waals surface area (Å²) in [5.74, 6) is -2.91. The molecule has 0 radical (unpaired) electrons. The van der Waals surface area contributed by atoms with Crippen molar-refractivity contribution in [1.82, 2.24) is 0 Å². The molecule has 1 atom stereocenters. The second kappa shape index (κ2) is 9.91. The van der Waals surface area contributed by atoms with Crippen LogP contribution in [0.4, 0.5) is 0 Å². The van der Waals surface area contributed by atoms with E-state index in [1.54, 1.807) is 0 Å². The van der Waals surface area contributed by atoms with Crippen molar-refractivity contribution in [1.29, 1.82) is 0 Å². The van der Waals surface area contributed by atoms with Gasteiger partial charge in [0.15, 0.2) is 0 Å². The van der Waals surface area contributed by atoms with Crippen molar-refractivity contribution < 1.29 is 29.7 Å². The van der Waals surface area contributed by atoms with Gasteiger partial charge in [-0.1, -0.05) is 6.92 Å². The fourth-order valence-electron chi connectivity index (χ4n) is 0.616. The summed E-state index contributed by atoms with van der Waals surface area (Å²) in [5, 5.41) is 24.2. The van der Waals surface area contributed by atoms with Crippen LogP contribution in [0.1, 0.15) is 32.6 Å². The molecule has 0 aromatic carbocycles. The third-order valence-electron chi connectivity index (χ3n) is 1.45. The molecule has 0 aliphatic heterocycles. The lowest BCUT2D eigenvalue weighted by Gasteiger charge is -2.01. The van der Waals surface area contributed by atoms with Crippen molar-refractivity contribution in [2.75, 3.05) is 0 Å². The SMILES string of the molecule is CCCC(=O)O.NC(CCC(=O)O)C(=O)O. The van der Waals surface area contributed by atoms with Gasteiger partial charge in [0.25, 0.3) is 0 Å². The van der Waals surface area contributed by atoms with Gasteiger partial charge in [-0.25, -0.2) is 0 Å². The van der Waals surface area contributed by atoms with E-state index in [4.69, 9.17) is 21.1 Å². The van der Waals surface area contributed by atoms with Crippen molar-refractivity contribution in [3.8, 4) is 0 Å². The van der Waals surface area contributed by atoms with E-state index in [-0.39, 0.29) is 12.8 Å². The summed E-state index contributed by atoms with van der Waals surface area (Å²) in [6, 6.07) is -1.06. The molecule has 0 bridgehead atoms. The molecule has 0 aliphatic rings. The van der Waals surface area contributed by atoms with Gasteiger partial charge in [0.1, 0.15) is 6.04 Å². The number of rotatable bonds is 6. The molecule has 0 aliphatic carbocycles. The highest BCUT2D eigenvalue weighted by Crippen LogP contribution is 1.93. The number of carboxylic acid groups (broad SMARTS) is 3. The van der Waals surface area contributed by atoms with Crippen LogP contribution in [-0.2, 0) is 14.4 Å². The first-order chi connectivity index (χ1) is 7.31. The Labute approximate surface area is 92.9 Å². The average molecular weight is 235 g/mol. The normalized spacial score (nSPS) is 10.9. The molecular weight excluding hydrogens is 218 g/mol. The first-order valence-electron chi connectivity index (χ1n) is 4.73. The van der Waals surface area contributed by atoms with Crippen molar-refractivity contribution >= 4 is 17.9 Å². The van der Waals surface area contributed by atoms with E-state index in [9.17, 15) is 14.4 Å². The third-order valence-corrected chi connectivity index (χ3v) is 1.45. The molecule has 1 unspecified atom stereocenters. The van der Waals surface area contributed by atoms with Gasteiger partial charge in [0, 0.05) is 12.8 Å². The second-order valence-electron chi connectivity index (χ2n) is 3.02. The highest BCUT2D eigenvalue weighted by molar-refractivity contribution is 5.74. The molecule has 0 rings (SSSR count). The van der Waals surface area contributed by atoms with E-state index in [1.165, 1.54) is 0 Å². The Morgan fingerprint density at radius 2 is 1.50 bits per heavy atom. The zero-order chi connectivity index (χ0) is 13.1. The number of carbonyl (C=O) groups is 3. The lowest BCUT2D eigenvalue weighted by Crippen LogP contribution is -2.30. The number of nitrogens with two attached hydrogens (primary N) is 1. The number of hydrogen-bond acceptors (Lipinski definition) is 4. The fraction of sp³-hybridized carbons (Fsp3) is 0.667. The molecule has 5 N–H and O–H groups in total. The lowest BCUT2D eigenvalue weighted by atomic mass is 10.2. The molecule has 0 spiro atoms. The Morgan fingerprint density at radius 1 is 1.06 bits per heavy atom. The Morgan fingerprint density at radius 3 is 1.69 bits per heavy atom. The molecule has 0 fully saturated rings. The van der Waals surface area contributed by atoms with Gasteiger partial charge >= 0.3 is 17.9 Å². The van der Waals surface area contributed by atoms with Gasteiger partial charge in [0.2, 0.25) is 0 Å². The van der Waals surface area contributed by atoms with Crippen LogP contribution in [0.3, 0.4) is 0 Å². The molecule has 0 amide bonds. The van der Waals surface area contributed by atoms with Gasteiger partial charge in [-0.15, -0.1) is 0 Å². The van der Waals surface area contributed by atoms with Crippen molar-refractivity contribution in [3.05, 3.63) is 0 Å². The maximum absolute atomic E-state index is 9.99. The van der Waals surface area contributed by atoms with Crippen LogP contribution in [-0.4, -0.2) is 39.3 Å². The summed E-state index contributed by atoms with van der Waals surface area (Å²) < 4.78 is 0. The molecule has 0 saturated heterocycles. The largest absolute Gasteiger partial charge is 0.481 e. The molecule has 7 nitrogen and oxygen atoms in total. The fourth-order valence-corrected chi connectivity index (χ4v) is 0.616. The van der Waals surface area contributed by atoms with Gasteiger partial charge in [0.05, 0.1) is 0 Å². The molecule has 0 aromatic rings. The summed E-state index contributed by atoms with van der Waals surface area (Å²) in [5.41, 5.74) is 5.00. The smallest absolute Gasteiger partial charge is 0.320 e. The minimum absolute atomic E-state index is 0.0231. The first kappa shape index (κ1) is 16.8. The monoisotopic (exact) mass is 235 g/mol. The van der Waals surface area contributed by atoms with Crippen LogP contribution in [0.2, 0.25) is 0 Å². The van der Waals surface area contributed by atoms with E-state index in [0.29, 0.717) is 6.42 Å². The van der Waals surface area contributed by atoms with E-state index in [1.807, 2.05) is 6.92 Å². The van der Waals surface area contributed by atoms with Gasteiger partial charge in [-0.05, 0) is 12.8 Å². The van der Waals surface area contributed by atoms with Crippen molar-refractivity contribution in [3.63, 3.8) is 0 Å². The number of hydrogen-bond donors (Lipinski definition) is 4. The Balaban J connectivity index is 0. The summed E-state index contributed by atoms with van der Waals surface area (Å²) in [6.45, 7) is 1.84. The number of carboxylic acids is 3. The van der Waals surface area contributed by atoms with E-state index in [2.05, 4.69) is 0 Å².